The maximum atomic E-state index is 11.9. The summed E-state index contributed by atoms with van der Waals surface area (Å²) >= 11 is 9.82. The second-order valence-corrected chi connectivity index (χ2v) is 8.65. The van der Waals surface area contributed by atoms with Gasteiger partial charge >= 0.3 is 0 Å². The van der Waals surface area contributed by atoms with Crippen LogP contribution in [0.3, 0.4) is 0 Å². The summed E-state index contributed by atoms with van der Waals surface area (Å²) in [5.74, 6) is 1.84. The van der Waals surface area contributed by atoms with Gasteiger partial charge < -0.3 is 19.5 Å². The number of hydrogen-bond donors (Lipinski definition) is 1. The zero-order chi connectivity index (χ0) is 20.8. The molecule has 152 valence electrons. The third-order valence-corrected chi connectivity index (χ3v) is 5.70. The van der Waals surface area contributed by atoms with Crippen molar-refractivity contribution < 1.29 is 19.0 Å². The highest BCUT2D eigenvalue weighted by molar-refractivity contribution is 9.10. The Bertz CT molecular complexity index is 962. The predicted octanol–water partition coefficient (Wildman–Crippen LogP) is 5.10. The smallest absolute Gasteiger partial charge is 0.263 e. The molecular weight excluding hydrogens is 474 g/mol. The average molecular weight is 494 g/mol. The van der Waals surface area contributed by atoms with Gasteiger partial charge in [0.15, 0.2) is 11.5 Å². The number of carbonyl (C=O) groups excluding carboxylic acids is 1. The Morgan fingerprint density at radius 1 is 1.14 bits per heavy atom. The van der Waals surface area contributed by atoms with Crippen LogP contribution < -0.4 is 19.5 Å². The molecule has 1 N–H and O–H groups in total. The minimum absolute atomic E-state index is 0.192. The maximum Gasteiger partial charge on any atom is 0.263 e. The van der Waals surface area contributed by atoms with Gasteiger partial charge in [0, 0.05) is 0 Å². The Labute approximate surface area is 187 Å². The fourth-order valence-corrected chi connectivity index (χ4v) is 4.28. The lowest BCUT2D eigenvalue weighted by Gasteiger charge is -2.15. The Hall–Kier alpha value is -2.03. The van der Waals surface area contributed by atoms with Crippen LogP contribution in [-0.4, -0.2) is 30.0 Å². The number of para-hydroxylation sites is 1. The van der Waals surface area contributed by atoms with Crippen molar-refractivity contribution in [3.05, 3.63) is 56.9 Å². The number of carbonyl (C=O) groups is 1. The van der Waals surface area contributed by atoms with E-state index in [0.29, 0.717) is 40.5 Å². The number of benzene rings is 2. The number of aryl methyl sites for hydroxylation is 1. The Morgan fingerprint density at radius 2 is 1.90 bits per heavy atom. The number of thiocarbonyl (C=S) groups is 1. The lowest BCUT2D eigenvalue weighted by Crippen LogP contribution is -2.17. The molecule has 0 bridgehead atoms. The molecule has 1 aliphatic rings. The van der Waals surface area contributed by atoms with Crippen LogP contribution in [0.15, 0.2) is 45.8 Å². The van der Waals surface area contributed by atoms with E-state index in [1.54, 1.807) is 6.08 Å². The molecule has 0 saturated carbocycles. The van der Waals surface area contributed by atoms with Gasteiger partial charge in [-0.2, -0.15) is 0 Å². The van der Waals surface area contributed by atoms with Crippen LogP contribution in [0.5, 0.6) is 17.2 Å². The zero-order valence-corrected chi connectivity index (χ0v) is 19.2. The van der Waals surface area contributed by atoms with E-state index in [2.05, 4.69) is 21.2 Å². The molecule has 1 heterocycles. The number of rotatable bonds is 8. The number of halogens is 1. The minimum Gasteiger partial charge on any atom is -0.490 e. The second-order valence-electron chi connectivity index (χ2n) is 6.08. The highest BCUT2D eigenvalue weighted by Gasteiger charge is 2.22. The van der Waals surface area contributed by atoms with Gasteiger partial charge in [-0.3, -0.25) is 4.79 Å². The van der Waals surface area contributed by atoms with Gasteiger partial charge in [0.05, 0.1) is 16.0 Å². The molecule has 0 aromatic heterocycles. The summed E-state index contributed by atoms with van der Waals surface area (Å²) in [6, 6.07) is 11.6. The molecule has 29 heavy (non-hydrogen) atoms. The minimum atomic E-state index is -0.192. The fraction of sp³-hybridized carbons (Fsp3) is 0.238. The van der Waals surface area contributed by atoms with Gasteiger partial charge in [0.1, 0.15) is 23.3 Å². The molecule has 1 amide bonds. The average Bonchev–Trinajstić information content (AvgIpc) is 2.99. The third kappa shape index (κ3) is 5.74. The molecule has 1 aliphatic heterocycles. The second kappa shape index (κ2) is 10.1. The van der Waals surface area contributed by atoms with Crippen LogP contribution in [0.1, 0.15) is 18.1 Å². The number of hydrogen-bond acceptors (Lipinski definition) is 6. The van der Waals surface area contributed by atoms with Crippen LogP contribution in [-0.2, 0) is 4.79 Å². The summed E-state index contributed by atoms with van der Waals surface area (Å²) in [5, 5.41) is 2.61. The van der Waals surface area contributed by atoms with E-state index in [-0.39, 0.29) is 5.91 Å². The van der Waals surface area contributed by atoms with Crippen LogP contribution >= 0.6 is 39.9 Å². The summed E-state index contributed by atoms with van der Waals surface area (Å²) in [5.41, 5.74) is 1.89. The first-order valence-electron chi connectivity index (χ1n) is 9.00. The Morgan fingerprint density at radius 3 is 2.59 bits per heavy atom. The lowest BCUT2D eigenvalue weighted by molar-refractivity contribution is -0.115. The van der Waals surface area contributed by atoms with Gasteiger partial charge in [0.2, 0.25) is 0 Å². The highest BCUT2D eigenvalue weighted by Crippen LogP contribution is 2.38. The normalized spacial score (nSPS) is 14.8. The first-order valence-corrected chi connectivity index (χ1v) is 11.0. The van der Waals surface area contributed by atoms with E-state index in [0.717, 1.165) is 21.3 Å². The molecule has 0 radical (unpaired) electrons. The van der Waals surface area contributed by atoms with Gasteiger partial charge in [-0.1, -0.05) is 42.2 Å². The lowest BCUT2D eigenvalue weighted by atomic mass is 10.2. The molecule has 3 rings (SSSR count). The Balaban J connectivity index is 1.71. The molecule has 0 aliphatic carbocycles. The summed E-state index contributed by atoms with van der Waals surface area (Å²) in [6.45, 7) is 5.16. The number of thioether (sulfide) groups is 1. The van der Waals surface area contributed by atoms with Gasteiger partial charge in [-0.25, -0.2) is 0 Å². The molecule has 0 atom stereocenters. The predicted molar refractivity (Wildman–Crippen MR) is 124 cm³/mol. The highest BCUT2D eigenvalue weighted by atomic mass is 79.9. The molecule has 0 spiro atoms. The molecule has 1 fully saturated rings. The number of nitrogens with one attached hydrogen (secondary N) is 1. The summed E-state index contributed by atoms with van der Waals surface area (Å²) in [7, 11) is 0. The van der Waals surface area contributed by atoms with E-state index in [1.165, 1.54) is 11.8 Å². The summed E-state index contributed by atoms with van der Waals surface area (Å²) < 4.78 is 18.6. The van der Waals surface area contributed by atoms with Gasteiger partial charge in [-0.05, 0) is 65.2 Å². The molecule has 5 nitrogen and oxygen atoms in total. The monoisotopic (exact) mass is 493 g/mol. The van der Waals surface area contributed by atoms with Crippen molar-refractivity contribution in [1.29, 1.82) is 0 Å². The van der Waals surface area contributed by atoms with Crippen molar-refractivity contribution in [2.24, 2.45) is 0 Å². The van der Waals surface area contributed by atoms with E-state index < -0.39 is 0 Å². The quantitative estimate of drug-likeness (QED) is 0.313. The molecule has 0 unspecified atom stereocenters. The zero-order valence-electron chi connectivity index (χ0n) is 16.0. The number of ether oxygens (including phenoxy) is 3. The summed E-state index contributed by atoms with van der Waals surface area (Å²) in [6.07, 6.45) is 1.78. The van der Waals surface area contributed by atoms with Crippen LogP contribution in [0.4, 0.5) is 0 Å². The topological polar surface area (TPSA) is 56.8 Å². The van der Waals surface area contributed by atoms with Crippen LogP contribution in [0.25, 0.3) is 6.08 Å². The van der Waals surface area contributed by atoms with Crippen molar-refractivity contribution in [3.8, 4) is 17.2 Å². The molecular formula is C21H20BrNO4S2. The van der Waals surface area contributed by atoms with Crippen molar-refractivity contribution in [1.82, 2.24) is 5.32 Å². The van der Waals surface area contributed by atoms with Gasteiger partial charge in [-0.15, -0.1) is 0 Å². The molecule has 2 aromatic rings. The first kappa shape index (κ1) is 21.7. The van der Waals surface area contributed by atoms with Crippen molar-refractivity contribution in [2.45, 2.75) is 13.8 Å². The molecule has 8 heteroatoms. The largest absolute Gasteiger partial charge is 0.490 e. The van der Waals surface area contributed by atoms with Crippen LogP contribution in [0, 0.1) is 6.92 Å². The SMILES string of the molecule is CCOc1cc(/C=C2\SC(=S)NC2=O)cc(Br)c1OCCOc1ccccc1C. The third-order valence-electron chi connectivity index (χ3n) is 3.95. The van der Waals surface area contributed by atoms with Crippen LogP contribution in [0.2, 0.25) is 0 Å². The van der Waals surface area contributed by atoms with Crippen molar-refractivity contribution in [2.75, 3.05) is 19.8 Å². The van der Waals surface area contributed by atoms with E-state index in [9.17, 15) is 4.79 Å². The van der Waals surface area contributed by atoms with Gasteiger partial charge in [0.25, 0.3) is 5.91 Å². The Kier molecular flexibility index (Phi) is 7.57. The van der Waals surface area contributed by atoms with Crippen molar-refractivity contribution >= 4 is 56.2 Å². The standard InChI is InChI=1S/C21H20BrNO4S2/c1-3-25-17-11-14(12-18-20(24)23-21(28)29-18)10-15(22)19(17)27-9-8-26-16-7-5-4-6-13(16)2/h4-7,10-12H,3,8-9H2,1-2H3,(H,23,24,28)/b18-12-. The first-order chi connectivity index (χ1) is 14.0. The van der Waals surface area contributed by atoms with E-state index >= 15 is 0 Å². The fourth-order valence-electron chi connectivity index (χ4n) is 2.66. The molecule has 2 aromatic carbocycles. The number of amides is 1. The van der Waals surface area contributed by atoms with E-state index in [1.807, 2.05) is 50.2 Å². The van der Waals surface area contributed by atoms with Crippen molar-refractivity contribution in [3.63, 3.8) is 0 Å². The summed E-state index contributed by atoms with van der Waals surface area (Å²) in [4.78, 5) is 12.4. The van der Waals surface area contributed by atoms with E-state index in [4.69, 9.17) is 26.4 Å². The maximum absolute atomic E-state index is 11.9. The molecule has 1 saturated heterocycles.